The molecule has 4 aromatic rings. The van der Waals surface area contributed by atoms with E-state index in [0.717, 1.165) is 16.0 Å². The van der Waals surface area contributed by atoms with Gasteiger partial charge in [-0.2, -0.15) is 0 Å². The van der Waals surface area contributed by atoms with E-state index in [9.17, 15) is 14.0 Å². The summed E-state index contributed by atoms with van der Waals surface area (Å²) in [5.74, 6) is -0.239. The van der Waals surface area contributed by atoms with Gasteiger partial charge in [-0.25, -0.2) is 14.4 Å². The molecule has 8 heteroatoms. The zero-order valence-corrected chi connectivity index (χ0v) is 20.8. The van der Waals surface area contributed by atoms with Crippen LogP contribution in [0.5, 0.6) is 0 Å². The maximum absolute atomic E-state index is 13.3. The van der Waals surface area contributed by atoms with Gasteiger partial charge in [0.05, 0.1) is 4.90 Å². The largest absolute Gasteiger partial charge is 0.321 e. The molecule has 0 bridgehead atoms. The molecular formula is C27H22FN3O2S2. The Morgan fingerprint density at radius 1 is 1.00 bits per heavy atom. The highest BCUT2D eigenvalue weighted by Crippen LogP contribution is 2.31. The molecule has 4 rings (SSSR count). The van der Waals surface area contributed by atoms with Gasteiger partial charge in [0.1, 0.15) is 11.5 Å². The van der Waals surface area contributed by atoms with Crippen LogP contribution in [0.25, 0.3) is 0 Å². The number of thioether (sulfide) groups is 1. The topological polar surface area (TPSA) is 72.0 Å². The van der Waals surface area contributed by atoms with E-state index in [1.165, 1.54) is 42.6 Å². The number of rotatable bonds is 8. The van der Waals surface area contributed by atoms with Crippen molar-refractivity contribution in [2.75, 3.05) is 5.32 Å². The van der Waals surface area contributed by atoms with E-state index in [0.29, 0.717) is 27.1 Å². The molecule has 5 nitrogen and oxygen atoms in total. The Morgan fingerprint density at radius 3 is 2.46 bits per heavy atom. The average molecular weight is 504 g/mol. The van der Waals surface area contributed by atoms with E-state index in [1.807, 2.05) is 31.2 Å². The van der Waals surface area contributed by atoms with E-state index in [-0.39, 0.29) is 17.3 Å². The lowest BCUT2D eigenvalue weighted by molar-refractivity contribution is 0.100. The number of hydrogen-bond donors (Lipinski definition) is 1. The molecule has 0 aliphatic carbocycles. The van der Waals surface area contributed by atoms with Crippen LogP contribution in [-0.4, -0.2) is 21.7 Å². The molecular weight excluding hydrogens is 481 g/mol. The third-order valence-corrected chi connectivity index (χ3v) is 6.96. The van der Waals surface area contributed by atoms with Crippen LogP contribution in [0.4, 0.5) is 10.1 Å². The minimum absolute atomic E-state index is 0.0850. The lowest BCUT2D eigenvalue weighted by Crippen LogP contribution is -2.16. The number of hydrogen-bond acceptors (Lipinski definition) is 6. The van der Waals surface area contributed by atoms with Crippen molar-refractivity contribution in [3.8, 4) is 0 Å². The molecule has 0 radical (unpaired) electrons. The minimum atomic E-state index is -0.397. The third kappa shape index (κ3) is 6.77. The van der Waals surface area contributed by atoms with Crippen molar-refractivity contribution in [1.82, 2.24) is 9.97 Å². The molecule has 176 valence electrons. The van der Waals surface area contributed by atoms with Gasteiger partial charge in [-0.1, -0.05) is 65.5 Å². The van der Waals surface area contributed by atoms with Gasteiger partial charge < -0.3 is 5.32 Å². The van der Waals surface area contributed by atoms with Crippen LogP contribution in [0, 0.1) is 12.7 Å². The Kier molecular flexibility index (Phi) is 7.94. The highest BCUT2D eigenvalue weighted by molar-refractivity contribution is 7.99. The Hall–Kier alpha value is -3.49. The van der Waals surface area contributed by atoms with E-state index < -0.39 is 5.91 Å². The van der Waals surface area contributed by atoms with Crippen molar-refractivity contribution in [2.24, 2.45) is 0 Å². The van der Waals surface area contributed by atoms with Gasteiger partial charge in [0, 0.05) is 28.1 Å². The number of aromatic nitrogens is 2. The standard InChI is InChI=1S/C27H22FN3O2S2/c1-17-6-12-23(13-7-17)35-24-15-29-27(34-16-19-8-10-21(28)11-9-19)31-25(24)26(33)30-22-5-3-4-20(14-22)18(2)32/h3-15H,16H2,1-2H3,(H,30,33). The summed E-state index contributed by atoms with van der Waals surface area (Å²) in [6.07, 6.45) is 1.64. The monoisotopic (exact) mass is 503 g/mol. The van der Waals surface area contributed by atoms with Gasteiger partial charge in [0.15, 0.2) is 10.9 Å². The first kappa shape index (κ1) is 24.6. The zero-order valence-electron chi connectivity index (χ0n) is 19.1. The normalized spacial score (nSPS) is 10.7. The second-order valence-electron chi connectivity index (χ2n) is 7.79. The number of nitrogens with zero attached hydrogens (tertiary/aromatic N) is 2. The van der Waals surface area contributed by atoms with Gasteiger partial charge in [0.2, 0.25) is 0 Å². The molecule has 0 spiro atoms. The summed E-state index contributed by atoms with van der Waals surface area (Å²) >= 11 is 2.77. The van der Waals surface area contributed by atoms with Crippen LogP contribution in [0.3, 0.4) is 0 Å². The summed E-state index contributed by atoms with van der Waals surface area (Å²) in [6, 6.07) is 21.0. The van der Waals surface area contributed by atoms with Crippen molar-refractivity contribution in [2.45, 2.75) is 34.5 Å². The maximum atomic E-state index is 13.3. The van der Waals surface area contributed by atoms with Crippen LogP contribution in [0.1, 0.15) is 38.9 Å². The van der Waals surface area contributed by atoms with Gasteiger partial charge in [0.25, 0.3) is 5.91 Å². The second-order valence-corrected chi connectivity index (χ2v) is 9.84. The number of Topliss-reactive ketones (excluding diaryl/α,β-unsaturated/α-hetero) is 1. The Balaban J connectivity index is 1.60. The molecule has 1 N–H and O–H groups in total. The first-order valence-electron chi connectivity index (χ1n) is 10.8. The van der Waals surface area contributed by atoms with E-state index in [2.05, 4.69) is 15.3 Å². The first-order chi connectivity index (χ1) is 16.9. The fraction of sp³-hybridized carbons (Fsp3) is 0.111. The number of anilines is 1. The lowest BCUT2D eigenvalue weighted by Gasteiger charge is -2.11. The molecule has 0 aliphatic rings. The van der Waals surface area contributed by atoms with Crippen molar-refractivity contribution in [3.05, 3.63) is 107 Å². The SMILES string of the molecule is CC(=O)c1cccc(NC(=O)c2nc(SCc3ccc(F)cc3)ncc2Sc2ccc(C)cc2)c1. The van der Waals surface area contributed by atoms with Crippen molar-refractivity contribution < 1.29 is 14.0 Å². The number of halogens is 1. The number of carbonyl (C=O) groups excluding carboxylic acids is 2. The van der Waals surface area contributed by atoms with Gasteiger partial charge >= 0.3 is 0 Å². The quantitative estimate of drug-likeness (QED) is 0.162. The lowest BCUT2D eigenvalue weighted by atomic mass is 10.1. The number of nitrogens with one attached hydrogen (secondary N) is 1. The highest BCUT2D eigenvalue weighted by atomic mass is 32.2. The number of ketones is 1. The predicted octanol–water partition coefficient (Wildman–Crippen LogP) is 6.82. The zero-order chi connectivity index (χ0) is 24.8. The first-order valence-corrected chi connectivity index (χ1v) is 12.6. The van der Waals surface area contributed by atoms with Crippen molar-refractivity contribution in [3.63, 3.8) is 0 Å². The van der Waals surface area contributed by atoms with E-state index in [4.69, 9.17) is 0 Å². The summed E-state index contributed by atoms with van der Waals surface area (Å²) < 4.78 is 13.2. The fourth-order valence-electron chi connectivity index (χ4n) is 3.13. The van der Waals surface area contributed by atoms with Crippen LogP contribution in [0.2, 0.25) is 0 Å². The smallest absolute Gasteiger partial charge is 0.275 e. The van der Waals surface area contributed by atoms with Crippen molar-refractivity contribution in [1.29, 1.82) is 0 Å². The van der Waals surface area contributed by atoms with Crippen LogP contribution in [0.15, 0.2) is 93.9 Å². The van der Waals surface area contributed by atoms with Gasteiger partial charge in [-0.3, -0.25) is 9.59 Å². The summed E-state index contributed by atoms with van der Waals surface area (Å²) in [6.45, 7) is 3.49. The molecule has 0 saturated carbocycles. The third-order valence-electron chi connectivity index (χ3n) is 5.01. The fourth-order valence-corrected chi connectivity index (χ4v) is 4.77. The molecule has 0 unspecified atom stereocenters. The minimum Gasteiger partial charge on any atom is -0.321 e. The van der Waals surface area contributed by atoms with Gasteiger partial charge in [-0.05, 0) is 55.8 Å². The molecule has 35 heavy (non-hydrogen) atoms. The molecule has 1 heterocycles. The van der Waals surface area contributed by atoms with Gasteiger partial charge in [-0.15, -0.1) is 0 Å². The summed E-state index contributed by atoms with van der Waals surface area (Å²) in [5.41, 5.74) is 3.32. The number of benzene rings is 3. The van der Waals surface area contributed by atoms with Crippen LogP contribution in [-0.2, 0) is 5.75 Å². The summed E-state index contributed by atoms with van der Waals surface area (Å²) in [4.78, 5) is 35.6. The maximum Gasteiger partial charge on any atom is 0.275 e. The Bertz CT molecular complexity index is 1360. The molecule has 0 saturated heterocycles. The number of amides is 1. The molecule has 1 aromatic heterocycles. The van der Waals surface area contributed by atoms with E-state index >= 15 is 0 Å². The molecule has 0 fully saturated rings. The molecule has 3 aromatic carbocycles. The molecule has 1 amide bonds. The van der Waals surface area contributed by atoms with Crippen molar-refractivity contribution >= 4 is 40.9 Å². The van der Waals surface area contributed by atoms with Crippen LogP contribution >= 0.6 is 23.5 Å². The summed E-state index contributed by atoms with van der Waals surface area (Å²) in [5, 5.41) is 3.29. The molecule has 0 aliphatic heterocycles. The molecule has 0 atom stereocenters. The number of carbonyl (C=O) groups is 2. The Morgan fingerprint density at radius 2 is 1.74 bits per heavy atom. The number of aryl methyl sites for hydroxylation is 1. The van der Waals surface area contributed by atoms with Crippen LogP contribution < -0.4 is 5.32 Å². The van der Waals surface area contributed by atoms with E-state index in [1.54, 1.807) is 42.6 Å². The highest BCUT2D eigenvalue weighted by Gasteiger charge is 2.18. The summed E-state index contributed by atoms with van der Waals surface area (Å²) in [7, 11) is 0. The second kappa shape index (κ2) is 11.3. The predicted molar refractivity (Wildman–Crippen MR) is 138 cm³/mol. The average Bonchev–Trinajstić information content (AvgIpc) is 2.86. The Labute approximate surface area is 211 Å².